The normalized spacial score (nSPS) is 12.2. The molecule has 0 aliphatic rings. The quantitative estimate of drug-likeness (QED) is 0.749. The van der Waals surface area contributed by atoms with E-state index in [0.717, 1.165) is 6.07 Å². The summed E-state index contributed by atoms with van der Waals surface area (Å²) < 4.78 is 25.8. The maximum Gasteiger partial charge on any atom is 0.176 e. The fourth-order valence-electron chi connectivity index (χ4n) is 1.59. The highest BCUT2D eigenvalue weighted by molar-refractivity contribution is 9.10. The van der Waals surface area contributed by atoms with Crippen LogP contribution in [-0.4, -0.2) is 15.7 Å². The average molecular weight is 376 g/mol. The molecule has 104 valence electrons. The van der Waals surface area contributed by atoms with E-state index >= 15 is 0 Å². The standard InChI is InChI=1S/C14H9BrClFO2S/c15-11-4-2-1-3-10(11)14(18)8-20(19)9-5-6-13(17)12(16)7-9/h1-7H,8H2. The third kappa shape index (κ3) is 3.53. The highest BCUT2D eigenvalue weighted by Crippen LogP contribution is 2.20. The molecule has 2 aromatic rings. The second kappa shape index (κ2) is 6.61. The predicted molar refractivity (Wildman–Crippen MR) is 81.2 cm³/mol. The Labute approximate surface area is 131 Å². The Bertz CT molecular complexity index is 691. The van der Waals surface area contributed by atoms with E-state index < -0.39 is 16.6 Å². The van der Waals surface area contributed by atoms with Gasteiger partial charge in [0.15, 0.2) is 5.78 Å². The maximum atomic E-state index is 13.0. The Balaban J connectivity index is 2.17. The van der Waals surface area contributed by atoms with Gasteiger partial charge in [-0.3, -0.25) is 9.00 Å². The molecule has 0 saturated heterocycles. The van der Waals surface area contributed by atoms with Crippen LogP contribution in [0.15, 0.2) is 51.8 Å². The topological polar surface area (TPSA) is 34.1 Å². The molecule has 0 aliphatic carbocycles. The van der Waals surface area contributed by atoms with Gasteiger partial charge in [-0.05, 0) is 24.3 Å². The van der Waals surface area contributed by atoms with Crippen molar-refractivity contribution >= 4 is 44.1 Å². The van der Waals surface area contributed by atoms with Crippen molar-refractivity contribution in [2.24, 2.45) is 0 Å². The van der Waals surface area contributed by atoms with E-state index in [4.69, 9.17) is 11.6 Å². The maximum absolute atomic E-state index is 13.0. The van der Waals surface area contributed by atoms with Crippen LogP contribution in [0.5, 0.6) is 0 Å². The number of Topliss-reactive ketones (excluding diaryl/α,β-unsaturated/α-hetero) is 1. The van der Waals surface area contributed by atoms with Crippen LogP contribution in [-0.2, 0) is 10.8 Å². The summed E-state index contributed by atoms with van der Waals surface area (Å²) >= 11 is 8.91. The van der Waals surface area contributed by atoms with Crippen molar-refractivity contribution in [3.8, 4) is 0 Å². The fraction of sp³-hybridized carbons (Fsp3) is 0.0714. The lowest BCUT2D eigenvalue weighted by molar-refractivity contribution is 0.102. The Kier molecular flexibility index (Phi) is 5.07. The zero-order chi connectivity index (χ0) is 14.7. The average Bonchev–Trinajstić information content (AvgIpc) is 2.42. The molecule has 0 aliphatic heterocycles. The molecule has 2 rings (SSSR count). The molecule has 0 heterocycles. The molecule has 0 bridgehead atoms. The van der Waals surface area contributed by atoms with Crippen LogP contribution >= 0.6 is 27.5 Å². The van der Waals surface area contributed by atoms with E-state index in [0.29, 0.717) is 14.9 Å². The highest BCUT2D eigenvalue weighted by Gasteiger charge is 2.15. The lowest BCUT2D eigenvalue weighted by Gasteiger charge is -2.05. The van der Waals surface area contributed by atoms with E-state index in [-0.39, 0.29) is 16.6 Å². The van der Waals surface area contributed by atoms with Crippen molar-refractivity contribution in [1.29, 1.82) is 0 Å². The zero-order valence-electron chi connectivity index (χ0n) is 10.1. The van der Waals surface area contributed by atoms with Gasteiger partial charge in [-0.2, -0.15) is 0 Å². The summed E-state index contributed by atoms with van der Waals surface area (Å²) in [5.41, 5.74) is 0.467. The third-order valence-corrected chi connectivity index (χ3v) is 4.88. The van der Waals surface area contributed by atoms with Gasteiger partial charge in [-0.25, -0.2) is 4.39 Å². The van der Waals surface area contributed by atoms with E-state index in [2.05, 4.69) is 15.9 Å². The molecule has 0 aromatic heterocycles. The monoisotopic (exact) mass is 374 g/mol. The molecular weight excluding hydrogens is 367 g/mol. The zero-order valence-corrected chi connectivity index (χ0v) is 13.3. The van der Waals surface area contributed by atoms with Crippen LogP contribution in [0, 0.1) is 5.82 Å². The molecule has 0 N–H and O–H groups in total. The van der Waals surface area contributed by atoms with Gasteiger partial charge < -0.3 is 0 Å². The molecule has 1 atom stereocenters. The Morgan fingerprint density at radius 1 is 1.25 bits per heavy atom. The number of carbonyl (C=O) groups excluding carboxylic acids is 1. The van der Waals surface area contributed by atoms with E-state index in [9.17, 15) is 13.4 Å². The molecule has 0 spiro atoms. The molecule has 2 aromatic carbocycles. The molecule has 20 heavy (non-hydrogen) atoms. The van der Waals surface area contributed by atoms with E-state index in [1.165, 1.54) is 12.1 Å². The third-order valence-electron chi connectivity index (χ3n) is 2.59. The predicted octanol–water partition coefficient (Wildman–Crippen LogP) is 4.23. The summed E-state index contributed by atoms with van der Waals surface area (Å²) in [6.45, 7) is 0. The number of hydrogen-bond donors (Lipinski definition) is 0. The van der Waals surface area contributed by atoms with Crippen molar-refractivity contribution in [3.63, 3.8) is 0 Å². The first-order chi connectivity index (χ1) is 9.49. The molecule has 0 amide bonds. The summed E-state index contributed by atoms with van der Waals surface area (Å²) in [5, 5.41) is -0.107. The fourth-order valence-corrected chi connectivity index (χ4v) is 3.37. The van der Waals surface area contributed by atoms with Gasteiger partial charge in [0.2, 0.25) is 0 Å². The van der Waals surface area contributed by atoms with Gasteiger partial charge in [-0.1, -0.05) is 45.7 Å². The van der Waals surface area contributed by atoms with Gasteiger partial charge in [-0.15, -0.1) is 0 Å². The first-order valence-electron chi connectivity index (χ1n) is 5.60. The molecule has 0 saturated carbocycles. The molecule has 6 heteroatoms. The van der Waals surface area contributed by atoms with Gasteiger partial charge in [0.05, 0.1) is 21.6 Å². The number of carbonyl (C=O) groups is 1. The second-order valence-corrected chi connectivity index (χ2v) is 6.68. The summed E-state index contributed by atoms with van der Waals surface area (Å²) in [6.07, 6.45) is 0. The molecule has 0 fully saturated rings. The minimum Gasteiger partial charge on any atom is -0.293 e. The summed E-state index contributed by atoms with van der Waals surface area (Å²) in [4.78, 5) is 12.4. The van der Waals surface area contributed by atoms with Gasteiger partial charge in [0.1, 0.15) is 5.82 Å². The number of halogens is 3. The van der Waals surface area contributed by atoms with Crippen molar-refractivity contribution in [3.05, 3.63) is 63.3 Å². The van der Waals surface area contributed by atoms with Crippen LogP contribution < -0.4 is 0 Å². The van der Waals surface area contributed by atoms with Gasteiger partial charge >= 0.3 is 0 Å². The van der Waals surface area contributed by atoms with Crippen molar-refractivity contribution in [2.75, 3.05) is 5.75 Å². The minimum absolute atomic E-state index is 0.107. The lowest BCUT2D eigenvalue weighted by atomic mass is 10.1. The lowest BCUT2D eigenvalue weighted by Crippen LogP contribution is -2.11. The molecule has 1 unspecified atom stereocenters. The van der Waals surface area contributed by atoms with E-state index in [1.54, 1.807) is 24.3 Å². The summed E-state index contributed by atoms with van der Waals surface area (Å²) in [6, 6.07) is 10.7. The first kappa shape index (κ1) is 15.4. The minimum atomic E-state index is -1.56. The summed E-state index contributed by atoms with van der Waals surface area (Å²) in [7, 11) is -1.56. The number of ketones is 1. The Hall–Kier alpha value is -1.04. The molecule has 2 nitrogen and oxygen atoms in total. The van der Waals surface area contributed by atoms with Crippen molar-refractivity contribution in [1.82, 2.24) is 0 Å². The van der Waals surface area contributed by atoms with Gasteiger partial charge in [0, 0.05) is 14.9 Å². The van der Waals surface area contributed by atoms with Crippen LogP contribution in [0.2, 0.25) is 5.02 Å². The van der Waals surface area contributed by atoms with Crippen LogP contribution in [0.4, 0.5) is 4.39 Å². The first-order valence-corrected chi connectivity index (χ1v) is 8.09. The molecule has 0 radical (unpaired) electrons. The smallest absolute Gasteiger partial charge is 0.176 e. The molecular formula is C14H9BrClFO2S. The summed E-state index contributed by atoms with van der Waals surface area (Å²) in [5.74, 6) is -1.01. The number of rotatable bonds is 4. The van der Waals surface area contributed by atoms with Gasteiger partial charge in [0.25, 0.3) is 0 Å². The van der Waals surface area contributed by atoms with Crippen LogP contribution in [0.25, 0.3) is 0 Å². The number of hydrogen-bond acceptors (Lipinski definition) is 2. The Morgan fingerprint density at radius 3 is 2.60 bits per heavy atom. The van der Waals surface area contributed by atoms with Crippen molar-refractivity contribution in [2.45, 2.75) is 4.90 Å². The van der Waals surface area contributed by atoms with Crippen LogP contribution in [0.3, 0.4) is 0 Å². The SMILES string of the molecule is O=C(CS(=O)c1ccc(F)c(Cl)c1)c1ccccc1Br. The van der Waals surface area contributed by atoms with Crippen LogP contribution in [0.1, 0.15) is 10.4 Å². The van der Waals surface area contributed by atoms with Crippen molar-refractivity contribution < 1.29 is 13.4 Å². The second-order valence-electron chi connectivity index (χ2n) is 3.97. The highest BCUT2D eigenvalue weighted by atomic mass is 79.9. The Morgan fingerprint density at radius 2 is 1.95 bits per heavy atom. The number of benzene rings is 2. The van der Waals surface area contributed by atoms with E-state index in [1.807, 2.05) is 0 Å². The largest absolute Gasteiger partial charge is 0.293 e.